The summed E-state index contributed by atoms with van der Waals surface area (Å²) in [7, 11) is 4.07. The van der Waals surface area contributed by atoms with Crippen LogP contribution < -0.4 is 4.90 Å². The monoisotopic (exact) mass is 414 g/mol. The Morgan fingerprint density at radius 2 is 1.90 bits per heavy atom. The van der Waals surface area contributed by atoms with Crippen molar-refractivity contribution < 1.29 is 9.90 Å². The van der Waals surface area contributed by atoms with Crippen molar-refractivity contribution in [2.24, 2.45) is 4.99 Å². The number of anilines is 1. The highest BCUT2D eigenvalue weighted by Crippen LogP contribution is 2.40. The number of aliphatic imine (C=N–C) groups is 1. The summed E-state index contributed by atoms with van der Waals surface area (Å²) in [4.78, 5) is 26.7. The maximum Gasteiger partial charge on any atom is 0.204 e. The Hall–Kier alpha value is -3.09. The van der Waals surface area contributed by atoms with Crippen LogP contribution in [0.4, 0.5) is 11.4 Å². The second-order valence-electron chi connectivity index (χ2n) is 8.94. The molecule has 0 radical (unpaired) electrons. The number of carbonyl (C=O) groups is 1. The molecule has 2 aliphatic heterocycles. The normalized spacial score (nSPS) is 20.3. The van der Waals surface area contributed by atoms with Gasteiger partial charge < -0.3 is 14.9 Å². The fourth-order valence-corrected chi connectivity index (χ4v) is 4.53. The van der Waals surface area contributed by atoms with E-state index in [0.717, 1.165) is 39.8 Å². The molecule has 1 unspecified atom stereocenters. The van der Waals surface area contributed by atoms with Crippen LogP contribution in [0.15, 0.2) is 47.6 Å². The first-order valence-electron chi connectivity index (χ1n) is 10.5. The average molecular weight is 415 g/mol. The van der Waals surface area contributed by atoms with Crippen molar-refractivity contribution in [1.29, 1.82) is 0 Å². The smallest absolute Gasteiger partial charge is 0.204 e. The number of amidine groups is 1. The topological polar surface area (TPSA) is 69.0 Å². The molecule has 2 aromatic carbocycles. The minimum atomic E-state index is -1.57. The lowest BCUT2D eigenvalue weighted by molar-refractivity contribution is 0.0602. The van der Waals surface area contributed by atoms with Gasteiger partial charge in [-0.2, -0.15) is 0 Å². The molecule has 0 aliphatic carbocycles. The van der Waals surface area contributed by atoms with Gasteiger partial charge in [-0.1, -0.05) is 0 Å². The molecule has 0 amide bonds. The van der Waals surface area contributed by atoms with Crippen molar-refractivity contribution in [2.45, 2.75) is 32.4 Å². The Morgan fingerprint density at radius 1 is 1.13 bits per heavy atom. The molecule has 1 fully saturated rings. The van der Waals surface area contributed by atoms with Gasteiger partial charge in [0.1, 0.15) is 5.84 Å². The molecule has 3 aromatic rings. The van der Waals surface area contributed by atoms with Crippen molar-refractivity contribution >= 4 is 33.9 Å². The number of benzene rings is 2. The second kappa shape index (κ2) is 6.97. The quantitative estimate of drug-likeness (QED) is 0.706. The first kappa shape index (κ1) is 19.8. The van der Waals surface area contributed by atoms with Gasteiger partial charge in [0.05, 0.1) is 11.2 Å². The number of rotatable bonds is 3. The lowest BCUT2D eigenvalue weighted by atomic mass is 9.86. The fraction of sp³-hybridized carbons (Fsp3) is 0.320. The van der Waals surface area contributed by atoms with Crippen molar-refractivity contribution in [2.75, 3.05) is 25.5 Å². The third kappa shape index (κ3) is 3.14. The number of carbonyl (C=O) groups excluding carboxylic acids is 1. The summed E-state index contributed by atoms with van der Waals surface area (Å²) in [5.74, 6) is 0.166. The Bertz CT molecular complexity index is 1260. The number of ketones is 1. The summed E-state index contributed by atoms with van der Waals surface area (Å²) in [6, 6.07) is 12.0. The number of aromatic nitrogens is 1. The standard InChI is InChI=1S/C25H26N4O2/c1-15-9-20-22(10-16(15)2)27-24-25(31,23(20)30)7-8-29(24)19-5-6-21-18(12-19)11-17(13-26-21)14-28(3)4/h5-6,9-13,31H,7-8,14H2,1-4H3. The van der Waals surface area contributed by atoms with Gasteiger partial charge in [-0.25, -0.2) is 4.99 Å². The van der Waals surface area contributed by atoms with E-state index in [1.54, 1.807) is 0 Å². The minimum Gasteiger partial charge on any atom is -0.374 e. The summed E-state index contributed by atoms with van der Waals surface area (Å²) in [6.07, 6.45) is 2.23. The molecule has 31 heavy (non-hydrogen) atoms. The predicted octanol–water partition coefficient (Wildman–Crippen LogP) is 3.78. The Kier molecular flexibility index (Phi) is 4.46. The van der Waals surface area contributed by atoms with E-state index < -0.39 is 5.60 Å². The highest BCUT2D eigenvalue weighted by Gasteiger charge is 2.52. The van der Waals surface area contributed by atoms with Crippen LogP contribution in [0.2, 0.25) is 0 Å². The minimum absolute atomic E-state index is 0.256. The van der Waals surface area contributed by atoms with Crippen LogP contribution in [0, 0.1) is 13.8 Å². The summed E-state index contributed by atoms with van der Waals surface area (Å²) < 4.78 is 0. The number of nitrogens with zero attached hydrogens (tertiary/aromatic N) is 4. The van der Waals surface area contributed by atoms with Crippen molar-refractivity contribution in [3.8, 4) is 0 Å². The fourth-order valence-electron chi connectivity index (χ4n) is 4.53. The van der Waals surface area contributed by atoms with E-state index in [2.05, 4.69) is 22.0 Å². The van der Waals surface area contributed by atoms with Crippen LogP contribution in [-0.4, -0.2) is 52.9 Å². The lowest BCUT2D eigenvalue weighted by Crippen LogP contribution is -2.48. The summed E-state index contributed by atoms with van der Waals surface area (Å²) in [5, 5.41) is 12.4. The van der Waals surface area contributed by atoms with Gasteiger partial charge in [0.2, 0.25) is 5.78 Å². The summed E-state index contributed by atoms with van der Waals surface area (Å²) in [6.45, 7) is 5.33. The molecule has 0 bridgehead atoms. The molecule has 1 saturated heterocycles. The highest BCUT2D eigenvalue weighted by molar-refractivity contribution is 6.28. The Labute approximate surface area is 181 Å². The van der Waals surface area contributed by atoms with E-state index in [1.807, 2.05) is 63.3 Å². The molecule has 1 atom stereocenters. The highest BCUT2D eigenvalue weighted by atomic mass is 16.3. The van der Waals surface area contributed by atoms with E-state index in [0.29, 0.717) is 30.1 Å². The van der Waals surface area contributed by atoms with Gasteiger partial charge in [-0.3, -0.25) is 9.78 Å². The average Bonchev–Trinajstić information content (AvgIpc) is 3.07. The number of aryl methyl sites for hydroxylation is 2. The number of fused-ring (bicyclic) bond motifs is 3. The summed E-state index contributed by atoms with van der Waals surface area (Å²) >= 11 is 0. The number of pyridine rings is 1. The van der Waals surface area contributed by atoms with Crippen molar-refractivity contribution in [3.05, 3.63) is 64.8 Å². The van der Waals surface area contributed by atoms with Crippen LogP contribution in [0.1, 0.15) is 33.5 Å². The molecule has 0 spiro atoms. The number of hydrogen-bond donors (Lipinski definition) is 1. The lowest BCUT2D eigenvalue weighted by Gasteiger charge is -2.30. The number of hydrogen-bond acceptors (Lipinski definition) is 6. The van der Waals surface area contributed by atoms with E-state index >= 15 is 0 Å². The number of aliphatic hydroxyl groups is 1. The van der Waals surface area contributed by atoms with Gasteiger partial charge in [-0.05, 0) is 81.0 Å². The van der Waals surface area contributed by atoms with Crippen LogP contribution in [0.3, 0.4) is 0 Å². The van der Waals surface area contributed by atoms with Crippen LogP contribution in [0.5, 0.6) is 0 Å². The zero-order chi connectivity index (χ0) is 21.9. The first-order valence-corrected chi connectivity index (χ1v) is 10.5. The predicted molar refractivity (Wildman–Crippen MR) is 123 cm³/mol. The zero-order valence-corrected chi connectivity index (χ0v) is 18.3. The Balaban J connectivity index is 1.59. The Morgan fingerprint density at radius 3 is 2.68 bits per heavy atom. The number of Topliss-reactive ketones (excluding diaryl/α,β-unsaturated/α-hetero) is 1. The molecule has 1 N–H and O–H groups in total. The third-order valence-corrected chi connectivity index (χ3v) is 6.31. The first-order chi connectivity index (χ1) is 14.8. The molecule has 2 aliphatic rings. The molecular formula is C25H26N4O2. The van der Waals surface area contributed by atoms with Gasteiger partial charge in [-0.15, -0.1) is 0 Å². The van der Waals surface area contributed by atoms with Crippen LogP contribution >= 0.6 is 0 Å². The van der Waals surface area contributed by atoms with Crippen molar-refractivity contribution in [1.82, 2.24) is 9.88 Å². The maximum absolute atomic E-state index is 13.2. The summed E-state index contributed by atoms with van der Waals surface area (Å²) in [5.41, 5.74) is 4.63. The van der Waals surface area contributed by atoms with Gasteiger partial charge in [0.15, 0.2) is 5.60 Å². The SMILES string of the molecule is Cc1cc2c(cc1C)C(=O)C1(O)CCN(c3ccc4ncc(CN(C)C)cc4c3)C1=N2. The van der Waals surface area contributed by atoms with Gasteiger partial charge >= 0.3 is 0 Å². The third-order valence-electron chi connectivity index (χ3n) is 6.31. The molecule has 1 aromatic heterocycles. The van der Waals surface area contributed by atoms with Gasteiger partial charge in [0, 0.05) is 42.3 Å². The largest absolute Gasteiger partial charge is 0.374 e. The van der Waals surface area contributed by atoms with E-state index in [9.17, 15) is 9.90 Å². The molecule has 6 nitrogen and oxygen atoms in total. The molecular weight excluding hydrogens is 388 g/mol. The van der Waals surface area contributed by atoms with Gasteiger partial charge in [0.25, 0.3) is 0 Å². The van der Waals surface area contributed by atoms with E-state index in [1.165, 1.54) is 0 Å². The van der Waals surface area contributed by atoms with Crippen molar-refractivity contribution in [3.63, 3.8) is 0 Å². The molecule has 6 heteroatoms. The zero-order valence-electron chi connectivity index (χ0n) is 18.3. The second-order valence-corrected chi connectivity index (χ2v) is 8.94. The van der Waals surface area contributed by atoms with Crippen LogP contribution in [-0.2, 0) is 6.54 Å². The van der Waals surface area contributed by atoms with Crippen LogP contribution in [0.25, 0.3) is 10.9 Å². The molecule has 3 heterocycles. The maximum atomic E-state index is 13.2. The molecule has 0 saturated carbocycles. The molecule has 5 rings (SSSR count). The van der Waals surface area contributed by atoms with E-state index in [-0.39, 0.29) is 5.78 Å². The van der Waals surface area contributed by atoms with E-state index in [4.69, 9.17) is 4.99 Å². The molecule has 158 valence electrons.